The van der Waals surface area contributed by atoms with Crippen LogP contribution in [0.2, 0.25) is 5.02 Å². The van der Waals surface area contributed by atoms with E-state index in [-0.39, 0.29) is 0 Å². The number of rotatable bonds is 10. The third-order valence-corrected chi connectivity index (χ3v) is 13.6. The summed E-state index contributed by atoms with van der Waals surface area (Å²) in [6.07, 6.45) is 12.2. The van der Waals surface area contributed by atoms with Gasteiger partial charge in [0.15, 0.2) is 0 Å². The third kappa shape index (κ3) is 8.63. The third-order valence-electron chi connectivity index (χ3n) is 13.3. The topological polar surface area (TPSA) is 61.7 Å². The van der Waals surface area contributed by atoms with Crippen LogP contribution in [-0.4, -0.2) is 89.0 Å². The molecular weight excluding hydrogens is 722 g/mol. The van der Waals surface area contributed by atoms with Crippen LogP contribution in [0.5, 0.6) is 0 Å². The molecule has 4 saturated heterocycles. The Morgan fingerprint density at radius 2 is 1.19 bits per heavy atom. The summed E-state index contributed by atoms with van der Waals surface area (Å²) in [5.74, 6) is 0. The molecule has 294 valence electrons. The van der Waals surface area contributed by atoms with Gasteiger partial charge in [-0.05, 0) is 180 Å². The quantitative estimate of drug-likeness (QED) is 0.152. The second kappa shape index (κ2) is 17.3. The van der Waals surface area contributed by atoms with E-state index in [9.17, 15) is 5.26 Å². The molecule has 0 radical (unpaired) electrons. The largest absolute Gasteiger partial charge is 0.352 e. The van der Waals surface area contributed by atoms with Gasteiger partial charge in [0.1, 0.15) is 6.07 Å². The summed E-state index contributed by atoms with van der Waals surface area (Å²) in [5, 5.41) is 15.3. The Morgan fingerprint density at radius 3 is 1.74 bits per heavy atom. The van der Waals surface area contributed by atoms with Crippen LogP contribution in [0.15, 0.2) is 85.1 Å². The highest BCUT2D eigenvalue weighted by atomic mass is 35.5. The molecule has 4 aromatic carbocycles. The molecule has 1 aromatic heterocycles. The summed E-state index contributed by atoms with van der Waals surface area (Å²) >= 11 is 7.09. The molecular formula is C49H56ClN7. The molecule has 0 spiro atoms. The molecule has 4 fully saturated rings. The Hall–Kier alpha value is -4.29. The maximum Gasteiger partial charge on any atom is 0.103 e. The van der Waals surface area contributed by atoms with E-state index < -0.39 is 0 Å². The molecule has 5 aromatic rings. The Kier molecular flexibility index (Phi) is 11.6. The van der Waals surface area contributed by atoms with E-state index in [0.717, 1.165) is 77.2 Å². The minimum atomic E-state index is 0.488. The lowest BCUT2D eigenvalue weighted by molar-refractivity contribution is 0.122. The molecule has 0 aliphatic carbocycles. The van der Waals surface area contributed by atoms with E-state index >= 15 is 0 Å². The molecule has 0 amide bonds. The first kappa shape index (κ1) is 38.2. The SMILES string of the molecule is Cc1cc(-c2cccc(CN3CCC(N4CCCC4)CC3)c2)cc(Cl)c1Nc1c(C#N)cnc2cc(-c3cccc(CN4CCC(N5CCCC5)CC4)c3)ccc12. The van der Waals surface area contributed by atoms with Crippen LogP contribution in [0.25, 0.3) is 33.2 Å². The van der Waals surface area contributed by atoms with Gasteiger partial charge >= 0.3 is 0 Å². The first-order chi connectivity index (χ1) is 28.0. The van der Waals surface area contributed by atoms with Crippen LogP contribution in [0.4, 0.5) is 11.4 Å². The van der Waals surface area contributed by atoms with Gasteiger partial charge in [-0.2, -0.15) is 5.26 Å². The number of nitriles is 1. The monoisotopic (exact) mass is 777 g/mol. The van der Waals surface area contributed by atoms with Crippen molar-refractivity contribution in [1.82, 2.24) is 24.6 Å². The molecule has 0 bridgehead atoms. The Balaban J connectivity index is 0.889. The number of anilines is 2. The van der Waals surface area contributed by atoms with Gasteiger partial charge < -0.3 is 15.1 Å². The van der Waals surface area contributed by atoms with E-state index in [1.54, 1.807) is 6.20 Å². The fraction of sp³-hybridized carbons (Fsp3) is 0.429. The maximum atomic E-state index is 10.2. The molecule has 4 aliphatic heterocycles. The van der Waals surface area contributed by atoms with Crippen molar-refractivity contribution >= 4 is 33.9 Å². The van der Waals surface area contributed by atoms with Gasteiger partial charge in [-0.25, -0.2) is 0 Å². The Bertz CT molecular complexity index is 2210. The van der Waals surface area contributed by atoms with E-state index in [2.05, 4.69) is 111 Å². The van der Waals surface area contributed by atoms with Crippen molar-refractivity contribution < 1.29 is 0 Å². The lowest BCUT2D eigenvalue weighted by atomic mass is 9.98. The molecule has 0 saturated carbocycles. The highest BCUT2D eigenvalue weighted by Crippen LogP contribution is 2.38. The fourth-order valence-corrected chi connectivity index (χ4v) is 10.4. The molecule has 4 aliphatic rings. The van der Waals surface area contributed by atoms with Crippen molar-refractivity contribution in [3.63, 3.8) is 0 Å². The van der Waals surface area contributed by atoms with Crippen molar-refractivity contribution in [2.45, 2.75) is 83.5 Å². The van der Waals surface area contributed by atoms with Gasteiger partial charge in [0.05, 0.1) is 27.5 Å². The zero-order chi connectivity index (χ0) is 38.7. The smallest absolute Gasteiger partial charge is 0.103 e. The number of hydrogen-bond acceptors (Lipinski definition) is 7. The van der Waals surface area contributed by atoms with Crippen LogP contribution in [0.1, 0.15) is 73.6 Å². The van der Waals surface area contributed by atoms with Crippen LogP contribution in [0.3, 0.4) is 0 Å². The number of pyridine rings is 1. The second-order valence-electron chi connectivity index (χ2n) is 17.1. The van der Waals surface area contributed by atoms with E-state index in [4.69, 9.17) is 16.6 Å². The minimum absolute atomic E-state index is 0.488. The number of aryl methyl sites for hydroxylation is 1. The van der Waals surface area contributed by atoms with Gasteiger partial charge in [-0.15, -0.1) is 0 Å². The Morgan fingerprint density at radius 1 is 0.649 bits per heavy atom. The number of halogens is 1. The van der Waals surface area contributed by atoms with E-state index in [0.29, 0.717) is 10.6 Å². The first-order valence-corrected chi connectivity index (χ1v) is 21.9. The van der Waals surface area contributed by atoms with Gasteiger partial charge in [-0.1, -0.05) is 60.1 Å². The average Bonchev–Trinajstić information content (AvgIpc) is 3.99. The zero-order valence-electron chi connectivity index (χ0n) is 33.5. The molecule has 1 N–H and O–H groups in total. The molecule has 9 rings (SSSR count). The molecule has 8 heteroatoms. The fourth-order valence-electron chi connectivity index (χ4n) is 10.1. The van der Waals surface area contributed by atoms with Gasteiger partial charge in [-0.3, -0.25) is 14.8 Å². The normalized spacial score (nSPS) is 19.4. The molecule has 5 heterocycles. The number of nitrogens with zero attached hydrogens (tertiary/aromatic N) is 6. The van der Waals surface area contributed by atoms with Crippen molar-refractivity contribution in [3.05, 3.63) is 112 Å². The number of fused-ring (bicyclic) bond motifs is 1. The summed E-state index contributed by atoms with van der Waals surface area (Å²) in [4.78, 5) is 15.4. The van der Waals surface area contributed by atoms with E-state index in [1.807, 2.05) is 6.07 Å². The van der Waals surface area contributed by atoms with Crippen LogP contribution < -0.4 is 5.32 Å². The number of likely N-dealkylation sites (tertiary alicyclic amines) is 4. The van der Waals surface area contributed by atoms with Gasteiger partial charge in [0.2, 0.25) is 0 Å². The lowest BCUT2D eigenvalue weighted by Gasteiger charge is -2.36. The van der Waals surface area contributed by atoms with E-state index in [1.165, 1.54) is 113 Å². The molecule has 0 unspecified atom stereocenters. The summed E-state index contributed by atoms with van der Waals surface area (Å²) in [7, 11) is 0. The maximum absolute atomic E-state index is 10.2. The summed E-state index contributed by atoms with van der Waals surface area (Å²) < 4.78 is 0. The second-order valence-corrected chi connectivity index (χ2v) is 17.5. The number of hydrogen-bond donors (Lipinski definition) is 1. The highest BCUT2D eigenvalue weighted by Gasteiger charge is 2.28. The summed E-state index contributed by atoms with van der Waals surface area (Å²) in [6.45, 7) is 13.9. The van der Waals surface area contributed by atoms with Crippen molar-refractivity contribution in [2.24, 2.45) is 0 Å². The lowest BCUT2D eigenvalue weighted by Crippen LogP contribution is -2.43. The van der Waals surface area contributed by atoms with Gasteiger partial charge in [0, 0.05) is 36.8 Å². The highest BCUT2D eigenvalue weighted by molar-refractivity contribution is 6.34. The molecule has 57 heavy (non-hydrogen) atoms. The first-order valence-electron chi connectivity index (χ1n) is 21.5. The number of aromatic nitrogens is 1. The zero-order valence-corrected chi connectivity index (χ0v) is 34.3. The van der Waals surface area contributed by atoms with Crippen LogP contribution in [-0.2, 0) is 13.1 Å². The Labute approximate surface area is 344 Å². The van der Waals surface area contributed by atoms with Crippen molar-refractivity contribution in [3.8, 4) is 28.3 Å². The predicted octanol–water partition coefficient (Wildman–Crippen LogP) is 10.3. The van der Waals surface area contributed by atoms with Gasteiger partial charge in [0.25, 0.3) is 0 Å². The molecule has 7 nitrogen and oxygen atoms in total. The number of piperidine rings is 2. The predicted molar refractivity (Wildman–Crippen MR) is 235 cm³/mol. The average molecular weight is 778 g/mol. The van der Waals surface area contributed by atoms with Crippen LogP contribution in [0, 0.1) is 18.3 Å². The summed E-state index contributed by atoms with van der Waals surface area (Å²) in [5.41, 5.74) is 11.1. The summed E-state index contributed by atoms with van der Waals surface area (Å²) in [6, 6.07) is 32.4. The van der Waals surface area contributed by atoms with Crippen molar-refractivity contribution in [1.29, 1.82) is 5.26 Å². The van der Waals surface area contributed by atoms with Crippen LogP contribution >= 0.6 is 11.6 Å². The number of benzene rings is 4. The number of nitrogens with one attached hydrogen (secondary N) is 1. The van der Waals surface area contributed by atoms with Crippen molar-refractivity contribution in [2.75, 3.05) is 57.7 Å². The molecule has 0 atom stereocenters. The minimum Gasteiger partial charge on any atom is -0.352 e. The standard InChI is InChI=1S/C49H56ClN7/c1-35-26-41(39-11-7-9-37(28-39)34-55-24-16-44(17-25-55)57-20-4-5-21-57)29-46(50)48(35)53-49-42(31-51)32-52-47-30-40(12-13-45(47)49)38-10-6-8-36(27-38)33-54-22-14-43(15-23-54)56-18-2-3-19-56/h6-13,26-30,32,43-44H,2-5,14-25,33-34H2,1H3,(H,52,53).